The lowest BCUT2D eigenvalue weighted by molar-refractivity contribution is 0.0849. The van der Waals surface area contributed by atoms with Crippen molar-refractivity contribution >= 4 is 45.7 Å². The molecule has 0 radical (unpaired) electrons. The first kappa shape index (κ1) is 19.0. The predicted molar refractivity (Wildman–Crippen MR) is 114 cm³/mol. The van der Waals surface area contributed by atoms with Gasteiger partial charge in [0.25, 0.3) is 11.8 Å². The molecule has 2 aromatic heterocycles. The molecule has 0 aliphatic heterocycles. The maximum absolute atomic E-state index is 12.9. The number of amides is 2. The Kier molecular flexibility index (Phi) is 5.24. The molecule has 8 heteroatoms. The number of carbonyl (C=O) groups excluding carboxylic acids is 2. The van der Waals surface area contributed by atoms with Gasteiger partial charge in [0, 0.05) is 16.0 Å². The molecule has 2 N–H and O–H groups in total. The normalized spacial score (nSPS) is 10.7. The van der Waals surface area contributed by atoms with E-state index < -0.39 is 11.8 Å². The largest absolute Gasteiger partial charge is 0.281 e. The first-order chi connectivity index (χ1) is 14.0. The number of pyridine rings is 1. The van der Waals surface area contributed by atoms with E-state index in [0.717, 1.165) is 5.56 Å². The number of rotatable bonds is 3. The number of carbonyl (C=O) groups is 2. The van der Waals surface area contributed by atoms with E-state index in [1.54, 1.807) is 30.6 Å². The molecule has 29 heavy (non-hydrogen) atoms. The highest BCUT2D eigenvalue weighted by Crippen LogP contribution is 2.26. The van der Waals surface area contributed by atoms with Gasteiger partial charge in [0.05, 0.1) is 28.0 Å². The molecule has 4 rings (SSSR count). The second-order valence-corrected chi connectivity index (χ2v) is 7.55. The van der Waals surface area contributed by atoms with Crippen LogP contribution >= 0.6 is 22.9 Å². The van der Waals surface area contributed by atoms with Crippen LogP contribution in [-0.4, -0.2) is 21.8 Å². The fourth-order valence-electron chi connectivity index (χ4n) is 2.89. The summed E-state index contributed by atoms with van der Waals surface area (Å²) in [7, 11) is 0. The van der Waals surface area contributed by atoms with Crippen LogP contribution in [0, 0.1) is 6.92 Å². The number of nitrogens with zero attached hydrogens (tertiary/aromatic N) is 2. The minimum absolute atomic E-state index is 0.405. The zero-order valence-corrected chi connectivity index (χ0v) is 16.8. The molecular formula is C21H15ClN4O2S. The molecule has 0 spiro atoms. The molecular weight excluding hydrogens is 408 g/mol. The Bertz CT molecular complexity index is 1220. The molecule has 144 valence electrons. The van der Waals surface area contributed by atoms with Crippen LogP contribution in [0.5, 0.6) is 0 Å². The molecule has 4 aromatic rings. The third-order valence-electron chi connectivity index (χ3n) is 4.34. The van der Waals surface area contributed by atoms with Crippen LogP contribution in [-0.2, 0) is 0 Å². The molecule has 0 saturated heterocycles. The zero-order chi connectivity index (χ0) is 20.4. The number of thiazole rings is 1. The van der Waals surface area contributed by atoms with Crippen LogP contribution in [0.4, 0.5) is 0 Å². The van der Waals surface area contributed by atoms with E-state index in [2.05, 4.69) is 20.8 Å². The van der Waals surface area contributed by atoms with Gasteiger partial charge >= 0.3 is 0 Å². The Morgan fingerprint density at radius 2 is 1.72 bits per heavy atom. The molecule has 0 atom stereocenters. The van der Waals surface area contributed by atoms with Crippen LogP contribution in [0.15, 0.2) is 60.1 Å². The highest BCUT2D eigenvalue weighted by atomic mass is 35.5. The molecule has 2 aromatic carbocycles. The highest BCUT2D eigenvalue weighted by Gasteiger charge is 2.16. The molecule has 6 nitrogen and oxygen atoms in total. The first-order valence-corrected chi connectivity index (χ1v) is 9.95. The Labute approximate surface area is 175 Å². The third kappa shape index (κ3) is 3.96. The summed E-state index contributed by atoms with van der Waals surface area (Å²) in [4.78, 5) is 34.3. The quantitative estimate of drug-likeness (QED) is 0.479. The summed E-state index contributed by atoms with van der Waals surface area (Å²) in [5.74, 6) is -0.844. The van der Waals surface area contributed by atoms with Crippen molar-refractivity contribution in [1.29, 1.82) is 0 Å². The molecule has 0 saturated carbocycles. The average Bonchev–Trinajstić information content (AvgIpc) is 3.17. The van der Waals surface area contributed by atoms with E-state index in [9.17, 15) is 9.59 Å². The van der Waals surface area contributed by atoms with Gasteiger partial charge in [-0.25, -0.2) is 9.97 Å². The number of aromatic nitrogens is 2. The van der Waals surface area contributed by atoms with Crippen LogP contribution in [0.1, 0.15) is 25.7 Å². The summed E-state index contributed by atoms with van der Waals surface area (Å²) in [6.07, 6.45) is 0. The van der Waals surface area contributed by atoms with E-state index in [-0.39, 0.29) is 0 Å². The fraction of sp³-hybridized carbons (Fsp3) is 0.0476. The number of hydrogen-bond donors (Lipinski definition) is 2. The summed E-state index contributed by atoms with van der Waals surface area (Å²) in [6.45, 7) is 1.74. The second kappa shape index (κ2) is 7.98. The van der Waals surface area contributed by atoms with Crippen molar-refractivity contribution in [2.45, 2.75) is 6.92 Å². The SMILES string of the molecule is Cc1ncsc1C(=O)NNC(=O)c1cc(-c2ccc(Cl)cc2)nc2ccccc12. The standard InChI is InChI=1S/C21H15ClN4O2S/c1-12-19(29-11-23-12)21(28)26-25-20(27)16-10-18(13-6-8-14(22)9-7-13)24-17-5-3-2-4-15(16)17/h2-11H,1H3,(H,25,27)(H,26,28). The second-order valence-electron chi connectivity index (χ2n) is 6.25. The number of fused-ring (bicyclic) bond motifs is 1. The highest BCUT2D eigenvalue weighted by molar-refractivity contribution is 7.11. The van der Waals surface area contributed by atoms with Crippen molar-refractivity contribution in [2.75, 3.05) is 0 Å². The van der Waals surface area contributed by atoms with Gasteiger partial charge in [-0.3, -0.25) is 20.4 Å². The monoisotopic (exact) mass is 422 g/mol. The Morgan fingerprint density at radius 3 is 2.45 bits per heavy atom. The van der Waals surface area contributed by atoms with E-state index >= 15 is 0 Å². The lowest BCUT2D eigenvalue weighted by Crippen LogP contribution is -2.41. The first-order valence-electron chi connectivity index (χ1n) is 8.69. The van der Waals surface area contributed by atoms with Gasteiger partial charge in [0.15, 0.2) is 0 Å². The van der Waals surface area contributed by atoms with Crippen molar-refractivity contribution in [3.63, 3.8) is 0 Å². The molecule has 2 heterocycles. The maximum Gasteiger partial charge on any atom is 0.281 e. The minimum atomic E-state index is -0.436. The fourth-order valence-corrected chi connectivity index (χ4v) is 3.71. The summed E-state index contributed by atoms with van der Waals surface area (Å²) in [5.41, 5.74) is 9.68. The molecule has 2 amide bonds. The lowest BCUT2D eigenvalue weighted by Gasteiger charge is -2.11. The smallest absolute Gasteiger partial charge is 0.267 e. The number of halogens is 1. The number of benzene rings is 2. The Hall–Kier alpha value is -3.29. The summed E-state index contributed by atoms with van der Waals surface area (Å²) in [5, 5.41) is 1.31. The van der Waals surface area contributed by atoms with E-state index in [0.29, 0.717) is 37.8 Å². The summed E-state index contributed by atoms with van der Waals surface area (Å²) in [6, 6.07) is 16.3. The Balaban J connectivity index is 1.66. The number of para-hydroxylation sites is 1. The van der Waals surface area contributed by atoms with Gasteiger partial charge < -0.3 is 0 Å². The van der Waals surface area contributed by atoms with Gasteiger partial charge in [-0.05, 0) is 31.2 Å². The van der Waals surface area contributed by atoms with Crippen molar-refractivity contribution in [3.8, 4) is 11.3 Å². The third-order valence-corrected chi connectivity index (χ3v) is 5.52. The van der Waals surface area contributed by atoms with Crippen molar-refractivity contribution < 1.29 is 9.59 Å². The minimum Gasteiger partial charge on any atom is -0.267 e. The van der Waals surface area contributed by atoms with E-state index in [1.807, 2.05) is 36.4 Å². The number of aryl methyl sites for hydroxylation is 1. The van der Waals surface area contributed by atoms with Gasteiger partial charge in [-0.2, -0.15) is 0 Å². The van der Waals surface area contributed by atoms with Crippen molar-refractivity contribution in [3.05, 3.63) is 81.3 Å². The molecule has 0 bridgehead atoms. The van der Waals surface area contributed by atoms with Gasteiger partial charge in [-0.1, -0.05) is 41.9 Å². The Morgan fingerprint density at radius 1 is 1.00 bits per heavy atom. The number of nitrogens with one attached hydrogen (secondary N) is 2. The zero-order valence-electron chi connectivity index (χ0n) is 15.3. The summed E-state index contributed by atoms with van der Waals surface area (Å²) >= 11 is 7.19. The van der Waals surface area contributed by atoms with Gasteiger partial charge in [-0.15, -0.1) is 11.3 Å². The van der Waals surface area contributed by atoms with Gasteiger partial charge in [0.2, 0.25) is 0 Å². The molecule has 0 unspecified atom stereocenters. The molecule has 0 fully saturated rings. The van der Waals surface area contributed by atoms with Gasteiger partial charge in [0.1, 0.15) is 4.88 Å². The van der Waals surface area contributed by atoms with Crippen LogP contribution in [0.25, 0.3) is 22.2 Å². The lowest BCUT2D eigenvalue weighted by atomic mass is 10.0. The predicted octanol–water partition coefficient (Wildman–Crippen LogP) is 4.39. The van der Waals surface area contributed by atoms with Crippen molar-refractivity contribution in [1.82, 2.24) is 20.8 Å². The molecule has 0 aliphatic rings. The van der Waals surface area contributed by atoms with Crippen LogP contribution in [0.3, 0.4) is 0 Å². The number of hydrazine groups is 1. The average molecular weight is 423 g/mol. The van der Waals surface area contributed by atoms with Crippen LogP contribution in [0.2, 0.25) is 5.02 Å². The van der Waals surface area contributed by atoms with Crippen LogP contribution < -0.4 is 10.9 Å². The van der Waals surface area contributed by atoms with E-state index in [1.165, 1.54) is 11.3 Å². The summed E-state index contributed by atoms with van der Waals surface area (Å²) < 4.78 is 0. The molecule has 0 aliphatic carbocycles. The van der Waals surface area contributed by atoms with E-state index in [4.69, 9.17) is 11.6 Å². The topological polar surface area (TPSA) is 84.0 Å². The van der Waals surface area contributed by atoms with Crippen molar-refractivity contribution in [2.24, 2.45) is 0 Å². The maximum atomic E-state index is 12.9. The number of hydrogen-bond acceptors (Lipinski definition) is 5.